The van der Waals surface area contributed by atoms with Crippen molar-refractivity contribution in [2.24, 2.45) is 0 Å². The fourth-order valence-corrected chi connectivity index (χ4v) is 2.36. The van der Waals surface area contributed by atoms with Crippen molar-refractivity contribution in [2.75, 3.05) is 6.54 Å². The summed E-state index contributed by atoms with van der Waals surface area (Å²) in [6, 6.07) is 4.58. The first-order valence-electron chi connectivity index (χ1n) is 5.22. The highest BCUT2D eigenvalue weighted by atomic mass is 32.2. The topological polar surface area (TPSA) is 104 Å². The molecule has 0 aliphatic carbocycles. The Morgan fingerprint density at radius 2 is 1.94 bits per heavy atom. The molecular formula is C11H15NO5S. The number of nitrogens with one attached hydrogen (secondary N) is 1. The van der Waals surface area contributed by atoms with E-state index in [0.717, 1.165) is 11.1 Å². The molecule has 0 spiro atoms. The van der Waals surface area contributed by atoms with Crippen molar-refractivity contribution in [3.8, 4) is 0 Å². The Morgan fingerprint density at radius 1 is 1.33 bits per heavy atom. The lowest BCUT2D eigenvalue weighted by atomic mass is 10.1. The number of carboxylic acid groups (broad SMARTS) is 1. The molecule has 1 rings (SSSR count). The second-order valence-corrected chi connectivity index (χ2v) is 5.72. The molecule has 0 heterocycles. The summed E-state index contributed by atoms with van der Waals surface area (Å²) < 4.78 is 25.7. The maximum Gasteiger partial charge on any atom is 0.333 e. The minimum Gasteiger partial charge on any atom is -0.479 e. The highest BCUT2D eigenvalue weighted by molar-refractivity contribution is 7.89. The lowest BCUT2D eigenvalue weighted by molar-refractivity contribution is -0.146. The molecule has 0 aliphatic heterocycles. The molecule has 1 aromatic rings. The molecule has 0 fully saturated rings. The third-order valence-electron chi connectivity index (χ3n) is 2.54. The highest BCUT2D eigenvalue weighted by Crippen LogP contribution is 2.14. The Hall–Kier alpha value is -1.44. The smallest absolute Gasteiger partial charge is 0.333 e. The Morgan fingerprint density at radius 3 is 2.44 bits per heavy atom. The monoisotopic (exact) mass is 273 g/mol. The van der Waals surface area contributed by atoms with Crippen molar-refractivity contribution in [3.63, 3.8) is 0 Å². The summed E-state index contributed by atoms with van der Waals surface area (Å²) in [6.45, 7) is 3.07. The van der Waals surface area contributed by atoms with Crippen molar-refractivity contribution >= 4 is 16.0 Å². The Bertz CT molecular complexity index is 553. The van der Waals surface area contributed by atoms with Gasteiger partial charge in [-0.25, -0.2) is 17.9 Å². The van der Waals surface area contributed by atoms with E-state index in [-0.39, 0.29) is 4.90 Å². The van der Waals surface area contributed by atoms with E-state index in [2.05, 4.69) is 0 Å². The minimum absolute atomic E-state index is 0.0446. The third-order valence-corrected chi connectivity index (χ3v) is 3.96. The molecule has 1 atom stereocenters. The van der Waals surface area contributed by atoms with Gasteiger partial charge in [-0.2, -0.15) is 0 Å². The number of aryl methyl sites for hydroxylation is 2. The van der Waals surface area contributed by atoms with E-state index in [1.54, 1.807) is 13.0 Å². The Labute approximate surface area is 105 Å². The molecule has 0 aliphatic rings. The van der Waals surface area contributed by atoms with Crippen LogP contribution in [0.25, 0.3) is 0 Å². The molecule has 6 nitrogen and oxygen atoms in total. The van der Waals surface area contributed by atoms with Crippen LogP contribution >= 0.6 is 0 Å². The Kier molecular flexibility index (Phi) is 4.44. The molecule has 0 saturated carbocycles. The zero-order valence-electron chi connectivity index (χ0n) is 10.0. The van der Waals surface area contributed by atoms with Crippen LogP contribution < -0.4 is 4.72 Å². The van der Waals surface area contributed by atoms with Gasteiger partial charge in [0.15, 0.2) is 6.10 Å². The fraction of sp³-hybridized carbons (Fsp3) is 0.364. The molecule has 1 unspecified atom stereocenters. The fourth-order valence-electron chi connectivity index (χ4n) is 1.24. The highest BCUT2D eigenvalue weighted by Gasteiger charge is 2.19. The number of aliphatic hydroxyl groups is 1. The van der Waals surface area contributed by atoms with Gasteiger partial charge in [0.1, 0.15) is 0 Å². The molecule has 1 aromatic carbocycles. The van der Waals surface area contributed by atoms with Crippen LogP contribution in [-0.4, -0.2) is 37.2 Å². The van der Waals surface area contributed by atoms with E-state index < -0.39 is 28.6 Å². The molecule has 18 heavy (non-hydrogen) atoms. The zero-order valence-corrected chi connectivity index (χ0v) is 10.9. The lowest BCUT2D eigenvalue weighted by Gasteiger charge is -2.10. The minimum atomic E-state index is -3.80. The van der Waals surface area contributed by atoms with Crippen molar-refractivity contribution in [2.45, 2.75) is 24.8 Å². The van der Waals surface area contributed by atoms with Crippen molar-refractivity contribution in [1.29, 1.82) is 0 Å². The lowest BCUT2D eigenvalue weighted by Crippen LogP contribution is -2.36. The summed E-state index contributed by atoms with van der Waals surface area (Å²) in [4.78, 5) is 10.4. The molecule has 3 N–H and O–H groups in total. The quantitative estimate of drug-likeness (QED) is 0.702. The van der Waals surface area contributed by atoms with Gasteiger partial charge in [-0.15, -0.1) is 0 Å². The normalized spacial score (nSPS) is 13.3. The number of carboxylic acids is 1. The van der Waals surface area contributed by atoms with Crippen LogP contribution in [0.3, 0.4) is 0 Å². The summed E-state index contributed by atoms with van der Waals surface area (Å²) in [5.74, 6) is -1.47. The first-order chi connectivity index (χ1) is 8.24. The second-order valence-electron chi connectivity index (χ2n) is 3.95. The van der Waals surface area contributed by atoms with Gasteiger partial charge in [-0.1, -0.05) is 6.07 Å². The first-order valence-corrected chi connectivity index (χ1v) is 6.70. The van der Waals surface area contributed by atoms with Gasteiger partial charge < -0.3 is 10.2 Å². The van der Waals surface area contributed by atoms with E-state index in [0.29, 0.717) is 0 Å². The molecular weight excluding hydrogens is 258 g/mol. The van der Waals surface area contributed by atoms with Crippen LogP contribution in [0.15, 0.2) is 23.1 Å². The molecule has 0 saturated heterocycles. The van der Waals surface area contributed by atoms with E-state index in [1.807, 2.05) is 11.6 Å². The maximum absolute atomic E-state index is 11.8. The van der Waals surface area contributed by atoms with E-state index in [1.165, 1.54) is 12.1 Å². The summed E-state index contributed by atoms with van der Waals surface area (Å²) in [5, 5.41) is 17.5. The van der Waals surface area contributed by atoms with Crippen molar-refractivity contribution in [1.82, 2.24) is 4.72 Å². The van der Waals surface area contributed by atoms with Gasteiger partial charge in [0.05, 0.1) is 4.90 Å². The molecule has 7 heteroatoms. The SMILES string of the molecule is Cc1ccc(S(=O)(=O)NCC(O)C(=O)O)cc1C. The summed E-state index contributed by atoms with van der Waals surface area (Å²) in [5.41, 5.74) is 1.77. The van der Waals surface area contributed by atoms with Gasteiger partial charge in [0.25, 0.3) is 0 Å². The van der Waals surface area contributed by atoms with E-state index in [9.17, 15) is 13.2 Å². The molecule has 100 valence electrons. The predicted octanol–water partition coefficient (Wildman–Crippen LogP) is 0.0272. The van der Waals surface area contributed by atoms with Crippen molar-refractivity contribution < 1.29 is 23.4 Å². The number of rotatable bonds is 5. The number of benzene rings is 1. The van der Waals surface area contributed by atoms with Crippen LogP contribution in [0.2, 0.25) is 0 Å². The van der Waals surface area contributed by atoms with Crippen LogP contribution in [0.5, 0.6) is 0 Å². The van der Waals surface area contributed by atoms with Gasteiger partial charge >= 0.3 is 5.97 Å². The number of hydrogen-bond acceptors (Lipinski definition) is 4. The standard InChI is InChI=1S/C11H15NO5S/c1-7-3-4-9(5-8(7)2)18(16,17)12-6-10(13)11(14)15/h3-5,10,12-13H,6H2,1-2H3,(H,14,15). The number of sulfonamides is 1. The third kappa shape index (κ3) is 3.52. The van der Waals surface area contributed by atoms with Crippen LogP contribution in [0.1, 0.15) is 11.1 Å². The number of aliphatic carboxylic acids is 1. The second kappa shape index (κ2) is 5.47. The van der Waals surface area contributed by atoms with Gasteiger partial charge in [0.2, 0.25) is 10.0 Å². The van der Waals surface area contributed by atoms with Crippen LogP contribution in [0.4, 0.5) is 0 Å². The summed E-state index contributed by atoms with van der Waals surface area (Å²) >= 11 is 0. The van der Waals surface area contributed by atoms with Gasteiger partial charge in [0, 0.05) is 6.54 Å². The van der Waals surface area contributed by atoms with E-state index >= 15 is 0 Å². The number of carbonyl (C=O) groups is 1. The number of aliphatic hydroxyl groups excluding tert-OH is 1. The predicted molar refractivity (Wildman–Crippen MR) is 64.7 cm³/mol. The molecule has 0 bridgehead atoms. The van der Waals surface area contributed by atoms with Gasteiger partial charge in [-0.05, 0) is 37.1 Å². The number of hydrogen-bond donors (Lipinski definition) is 3. The average Bonchev–Trinajstić information content (AvgIpc) is 2.29. The largest absolute Gasteiger partial charge is 0.479 e. The first kappa shape index (κ1) is 14.6. The average molecular weight is 273 g/mol. The molecule has 0 aromatic heterocycles. The Balaban J connectivity index is 2.87. The zero-order chi connectivity index (χ0) is 13.9. The van der Waals surface area contributed by atoms with Crippen molar-refractivity contribution in [3.05, 3.63) is 29.3 Å². The molecule has 0 amide bonds. The van der Waals surface area contributed by atoms with Crippen LogP contribution in [-0.2, 0) is 14.8 Å². The summed E-state index contributed by atoms with van der Waals surface area (Å²) in [6.07, 6.45) is -1.76. The van der Waals surface area contributed by atoms with Crippen LogP contribution in [0, 0.1) is 13.8 Å². The molecule has 0 radical (unpaired) electrons. The maximum atomic E-state index is 11.8. The van der Waals surface area contributed by atoms with E-state index in [4.69, 9.17) is 10.2 Å². The summed E-state index contributed by atoms with van der Waals surface area (Å²) in [7, 11) is -3.80. The van der Waals surface area contributed by atoms with Gasteiger partial charge in [-0.3, -0.25) is 0 Å².